The molecular weight excluding hydrogens is 360 g/mol. The first kappa shape index (κ1) is 21.6. The van der Waals surface area contributed by atoms with Crippen molar-refractivity contribution in [3.8, 4) is 0 Å². The number of amides is 3. The van der Waals surface area contributed by atoms with E-state index in [0.29, 0.717) is 0 Å². The third kappa shape index (κ3) is 4.77. The van der Waals surface area contributed by atoms with Gasteiger partial charge in [-0.2, -0.15) is 0 Å². The Hall–Kier alpha value is -2.70. The van der Waals surface area contributed by atoms with E-state index in [1.807, 2.05) is 34.6 Å². The molecule has 0 saturated heterocycles. The first-order valence-electron chi connectivity index (χ1n) is 9.52. The Labute approximate surface area is 165 Å². The highest BCUT2D eigenvalue weighted by Crippen LogP contribution is 2.27. The first-order valence-corrected chi connectivity index (χ1v) is 9.52. The number of nitrogens with zero attached hydrogens (tertiary/aromatic N) is 1. The number of imide groups is 1. The second kappa shape index (κ2) is 8.54. The van der Waals surface area contributed by atoms with Gasteiger partial charge in [0.2, 0.25) is 0 Å². The lowest BCUT2D eigenvalue weighted by atomic mass is 10.0. The Morgan fingerprint density at radius 3 is 2.11 bits per heavy atom. The molecule has 1 aliphatic rings. The van der Waals surface area contributed by atoms with E-state index < -0.39 is 41.9 Å². The van der Waals surface area contributed by atoms with E-state index in [1.165, 1.54) is 0 Å². The number of carbonyl (C=O) groups excluding carboxylic acids is 4. The number of benzene rings is 1. The summed E-state index contributed by atoms with van der Waals surface area (Å²) < 4.78 is 5.17. The molecule has 0 radical (unpaired) electrons. The minimum absolute atomic E-state index is 0.0368. The summed E-state index contributed by atoms with van der Waals surface area (Å²) in [7, 11) is 0. The molecular formula is C21H28N2O5. The van der Waals surface area contributed by atoms with Crippen LogP contribution in [0.1, 0.15) is 68.2 Å². The summed E-state index contributed by atoms with van der Waals surface area (Å²) in [6, 6.07) is 5.40. The van der Waals surface area contributed by atoms with Crippen LogP contribution in [0.25, 0.3) is 0 Å². The van der Waals surface area contributed by atoms with Crippen molar-refractivity contribution in [3.05, 3.63) is 35.4 Å². The van der Waals surface area contributed by atoms with E-state index >= 15 is 0 Å². The Bertz CT molecular complexity index is 750. The van der Waals surface area contributed by atoms with Crippen molar-refractivity contribution in [1.82, 2.24) is 10.2 Å². The molecule has 0 unspecified atom stereocenters. The standard InChI is InChI=1S/C21H28N2O5/c1-6-21(4,5)22-17(24)12-28-20(27)16(11-13(2)3)23-18(25)14-9-7-8-10-15(14)19(23)26/h7-10,13,16H,6,11-12H2,1-5H3,(H,22,24)/t16-/m0/s1. The van der Waals surface area contributed by atoms with Gasteiger partial charge < -0.3 is 10.1 Å². The number of ether oxygens (including phenoxy) is 1. The highest BCUT2D eigenvalue weighted by atomic mass is 16.5. The second-order valence-electron chi connectivity index (χ2n) is 8.06. The van der Waals surface area contributed by atoms with Crippen LogP contribution in [0.5, 0.6) is 0 Å². The highest BCUT2D eigenvalue weighted by molar-refractivity contribution is 6.22. The van der Waals surface area contributed by atoms with E-state index in [9.17, 15) is 19.2 Å². The molecule has 1 heterocycles. The van der Waals surface area contributed by atoms with Gasteiger partial charge in [-0.1, -0.05) is 32.9 Å². The molecule has 1 aromatic carbocycles. The maximum atomic E-state index is 12.7. The zero-order valence-electron chi connectivity index (χ0n) is 17.1. The summed E-state index contributed by atoms with van der Waals surface area (Å²) in [5.41, 5.74) is 0.136. The number of rotatable bonds is 8. The average Bonchev–Trinajstić information content (AvgIpc) is 2.88. The van der Waals surface area contributed by atoms with Crippen molar-refractivity contribution < 1.29 is 23.9 Å². The monoisotopic (exact) mass is 388 g/mol. The normalized spacial score (nSPS) is 14.9. The minimum Gasteiger partial charge on any atom is -0.454 e. The Balaban J connectivity index is 2.14. The van der Waals surface area contributed by atoms with Gasteiger partial charge in [0.1, 0.15) is 6.04 Å². The smallest absolute Gasteiger partial charge is 0.329 e. The molecule has 0 bridgehead atoms. The second-order valence-corrected chi connectivity index (χ2v) is 8.06. The van der Waals surface area contributed by atoms with Crippen LogP contribution in [0, 0.1) is 5.92 Å². The van der Waals surface area contributed by atoms with Crippen molar-refractivity contribution in [2.45, 2.75) is 59.0 Å². The fourth-order valence-corrected chi connectivity index (χ4v) is 2.98. The number of hydrogen-bond acceptors (Lipinski definition) is 5. The molecule has 1 aliphatic heterocycles. The Morgan fingerprint density at radius 2 is 1.64 bits per heavy atom. The van der Waals surface area contributed by atoms with Gasteiger partial charge in [-0.25, -0.2) is 4.79 Å². The van der Waals surface area contributed by atoms with E-state index in [2.05, 4.69) is 5.32 Å². The van der Waals surface area contributed by atoms with Gasteiger partial charge in [0.05, 0.1) is 11.1 Å². The van der Waals surface area contributed by atoms with Crippen molar-refractivity contribution >= 4 is 23.7 Å². The van der Waals surface area contributed by atoms with E-state index in [1.54, 1.807) is 24.3 Å². The van der Waals surface area contributed by atoms with Crippen LogP contribution in [0.3, 0.4) is 0 Å². The van der Waals surface area contributed by atoms with Gasteiger partial charge in [0.15, 0.2) is 6.61 Å². The molecule has 2 rings (SSSR count). The summed E-state index contributed by atoms with van der Waals surface area (Å²) in [5, 5.41) is 2.78. The lowest BCUT2D eigenvalue weighted by molar-refractivity contribution is -0.153. The van der Waals surface area contributed by atoms with Crippen LogP contribution < -0.4 is 5.32 Å². The molecule has 0 aromatic heterocycles. The zero-order chi connectivity index (χ0) is 21.1. The molecule has 7 nitrogen and oxygen atoms in total. The predicted molar refractivity (Wildman–Crippen MR) is 104 cm³/mol. The van der Waals surface area contributed by atoms with Crippen molar-refractivity contribution in [3.63, 3.8) is 0 Å². The molecule has 0 fully saturated rings. The Kier molecular flexibility index (Phi) is 6.59. The van der Waals surface area contributed by atoms with E-state index in [-0.39, 0.29) is 23.5 Å². The van der Waals surface area contributed by atoms with Crippen molar-refractivity contribution in [1.29, 1.82) is 0 Å². The quantitative estimate of drug-likeness (QED) is 0.546. The Morgan fingerprint density at radius 1 is 1.11 bits per heavy atom. The summed E-state index contributed by atoms with van der Waals surface area (Å²) in [6.45, 7) is 8.98. The molecule has 28 heavy (non-hydrogen) atoms. The van der Waals surface area contributed by atoms with Crippen LogP contribution >= 0.6 is 0 Å². The molecule has 0 saturated carbocycles. The molecule has 1 atom stereocenters. The van der Waals surface area contributed by atoms with Crippen LogP contribution in [0.2, 0.25) is 0 Å². The summed E-state index contributed by atoms with van der Waals surface area (Å²) in [4.78, 5) is 51.2. The maximum Gasteiger partial charge on any atom is 0.329 e. The molecule has 152 valence electrons. The summed E-state index contributed by atoms with van der Waals surface area (Å²) in [6.07, 6.45) is 0.976. The van der Waals surface area contributed by atoms with Crippen molar-refractivity contribution in [2.24, 2.45) is 5.92 Å². The van der Waals surface area contributed by atoms with E-state index in [0.717, 1.165) is 11.3 Å². The van der Waals surface area contributed by atoms with Gasteiger partial charge in [-0.3, -0.25) is 19.3 Å². The van der Waals surface area contributed by atoms with Crippen LogP contribution in [0.4, 0.5) is 0 Å². The maximum absolute atomic E-state index is 12.7. The van der Waals surface area contributed by atoms with Crippen LogP contribution in [-0.4, -0.2) is 46.8 Å². The average molecular weight is 388 g/mol. The summed E-state index contributed by atoms with van der Waals surface area (Å²) >= 11 is 0. The van der Waals surface area contributed by atoms with Gasteiger partial charge >= 0.3 is 5.97 Å². The van der Waals surface area contributed by atoms with Gasteiger partial charge in [0, 0.05) is 5.54 Å². The number of hydrogen-bond donors (Lipinski definition) is 1. The molecule has 7 heteroatoms. The van der Waals surface area contributed by atoms with Crippen molar-refractivity contribution in [2.75, 3.05) is 6.61 Å². The fourth-order valence-electron chi connectivity index (χ4n) is 2.98. The SMILES string of the molecule is CCC(C)(C)NC(=O)COC(=O)[C@H](CC(C)C)N1C(=O)c2ccccc2C1=O. The van der Waals surface area contributed by atoms with Crippen LogP contribution in [0.15, 0.2) is 24.3 Å². The number of carbonyl (C=O) groups is 4. The predicted octanol–water partition coefficient (Wildman–Crippen LogP) is 2.55. The fraction of sp³-hybridized carbons (Fsp3) is 0.524. The third-order valence-electron chi connectivity index (χ3n) is 4.81. The molecule has 3 amide bonds. The van der Waals surface area contributed by atoms with E-state index in [4.69, 9.17) is 4.74 Å². The minimum atomic E-state index is -1.07. The number of esters is 1. The topological polar surface area (TPSA) is 92.8 Å². The number of fused-ring (bicyclic) bond motifs is 1. The zero-order valence-corrected chi connectivity index (χ0v) is 17.1. The number of nitrogens with one attached hydrogen (secondary N) is 1. The lowest BCUT2D eigenvalue weighted by Crippen LogP contribution is -2.48. The molecule has 1 aromatic rings. The summed E-state index contributed by atoms with van der Waals surface area (Å²) in [5.74, 6) is -2.17. The largest absolute Gasteiger partial charge is 0.454 e. The highest BCUT2D eigenvalue weighted by Gasteiger charge is 2.43. The van der Waals surface area contributed by atoms with Crippen LogP contribution in [-0.2, 0) is 14.3 Å². The van der Waals surface area contributed by atoms with Gasteiger partial charge in [-0.05, 0) is 44.7 Å². The third-order valence-corrected chi connectivity index (χ3v) is 4.81. The lowest BCUT2D eigenvalue weighted by Gasteiger charge is -2.27. The molecule has 1 N–H and O–H groups in total. The van der Waals surface area contributed by atoms with Gasteiger partial charge in [-0.15, -0.1) is 0 Å². The molecule has 0 spiro atoms. The molecule has 0 aliphatic carbocycles. The van der Waals surface area contributed by atoms with Gasteiger partial charge in [0.25, 0.3) is 17.7 Å². The first-order chi connectivity index (χ1) is 13.1.